The summed E-state index contributed by atoms with van der Waals surface area (Å²) in [5.41, 5.74) is 0. The van der Waals surface area contributed by atoms with Crippen LogP contribution >= 0.6 is 11.8 Å². The Bertz CT molecular complexity index is 132. The largest absolute Gasteiger partial charge is 0.316 e. The first-order valence-corrected chi connectivity index (χ1v) is 7.54. The molecular formula is C13H29NS. The van der Waals surface area contributed by atoms with E-state index in [1.807, 2.05) is 0 Å². The van der Waals surface area contributed by atoms with E-state index in [1.165, 1.54) is 30.8 Å². The van der Waals surface area contributed by atoms with Crippen LogP contribution in [0.25, 0.3) is 0 Å². The van der Waals surface area contributed by atoms with Gasteiger partial charge in [-0.25, -0.2) is 0 Å². The van der Waals surface area contributed by atoms with Crippen LogP contribution in [0.3, 0.4) is 0 Å². The van der Waals surface area contributed by atoms with Gasteiger partial charge in [0.2, 0.25) is 0 Å². The fourth-order valence-corrected chi connectivity index (χ4v) is 2.93. The predicted octanol–water partition coefficient (Wildman–Crippen LogP) is 3.79. The minimum Gasteiger partial charge on any atom is -0.316 e. The molecule has 15 heavy (non-hydrogen) atoms. The molecule has 2 heteroatoms. The highest BCUT2D eigenvalue weighted by Gasteiger charge is 2.12. The molecular weight excluding hydrogens is 202 g/mol. The minimum absolute atomic E-state index is 0.707. The zero-order valence-corrected chi connectivity index (χ0v) is 12.0. The molecule has 0 aliphatic rings. The van der Waals surface area contributed by atoms with Gasteiger partial charge in [0, 0.05) is 11.8 Å². The molecule has 0 spiro atoms. The van der Waals surface area contributed by atoms with E-state index in [2.05, 4.69) is 51.8 Å². The third kappa shape index (κ3) is 8.15. The lowest BCUT2D eigenvalue weighted by molar-refractivity contribution is 0.397. The van der Waals surface area contributed by atoms with Crippen LogP contribution < -0.4 is 5.32 Å². The molecule has 1 atom stereocenters. The van der Waals surface area contributed by atoms with Crippen molar-refractivity contribution < 1.29 is 0 Å². The van der Waals surface area contributed by atoms with Crippen molar-refractivity contribution in [2.45, 2.75) is 53.0 Å². The van der Waals surface area contributed by atoms with E-state index in [-0.39, 0.29) is 0 Å². The van der Waals surface area contributed by atoms with Crippen molar-refractivity contribution in [3.8, 4) is 0 Å². The van der Waals surface area contributed by atoms with E-state index in [0.29, 0.717) is 6.04 Å². The van der Waals surface area contributed by atoms with E-state index in [1.54, 1.807) is 0 Å². The zero-order chi connectivity index (χ0) is 11.7. The third-order valence-electron chi connectivity index (χ3n) is 2.95. The van der Waals surface area contributed by atoms with Crippen molar-refractivity contribution in [2.75, 3.05) is 18.6 Å². The Morgan fingerprint density at radius 2 is 1.67 bits per heavy atom. The Morgan fingerprint density at radius 3 is 2.07 bits per heavy atom. The molecule has 0 radical (unpaired) electrons. The smallest absolute Gasteiger partial charge is 0.0157 e. The molecule has 0 saturated heterocycles. The maximum absolute atomic E-state index is 3.45. The normalized spacial score (nSPS) is 13.8. The lowest BCUT2D eigenvalue weighted by Crippen LogP contribution is -2.30. The first-order valence-electron chi connectivity index (χ1n) is 6.38. The van der Waals surface area contributed by atoms with Gasteiger partial charge < -0.3 is 5.32 Å². The highest BCUT2D eigenvalue weighted by atomic mass is 32.2. The minimum atomic E-state index is 0.707. The lowest BCUT2D eigenvalue weighted by atomic mass is 9.95. The van der Waals surface area contributed by atoms with Crippen LogP contribution in [0, 0.1) is 11.8 Å². The number of hydrogen-bond donors (Lipinski definition) is 1. The van der Waals surface area contributed by atoms with Gasteiger partial charge in [-0.2, -0.15) is 11.8 Å². The molecule has 0 rings (SSSR count). The van der Waals surface area contributed by atoms with Gasteiger partial charge in [-0.15, -0.1) is 0 Å². The number of thioether (sulfide) groups is 1. The van der Waals surface area contributed by atoms with Crippen LogP contribution in [-0.2, 0) is 0 Å². The molecule has 0 amide bonds. The van der Waals surface area contributed by atoms with Crippen molar-refractivity contribution in [3.05, 3.63) is 0 Å². The summed E-state index contributed by atoms with van der Waals surface area (Å²) in [7, 11) is 2.10. The summed E-state index contributed by atoms with van der Waals surface area (Å²) in [6.07, 6.45) is 3.99. The molecule has 0 aliphatic heterocycles. The molecule has 0 heterocycles. The van der Waals surface area contributed by atoms with E-state index < -0.39 is 0 Å². The summed E-state index contributed by atoms with van der Waals surface area (Å²) < 4.78 is 0. The van der Waals surface area contributed by atoms with Crippen LogP contribution in [-0.4, -0.2) is 24.6 Å². The van der Waals surface area contributed by atoms with Gasteiger partial charge in [0.25, 0.3) is 0 Å². The summed E-state index contributed by atoms with van der Waals surface area (Å²) in [4.78, 5) is 0. The predicted molar refractivity (Wildman–Crippen MR) is 73.7 cm³/mol. The molecule has 0 fully saturated rings. The summed E-state index contributed by atoms with van der Waals surface area (Å²) in [5, 5.41) is 3.45. The van der Waals surface area contributed by atoms with Crippen LogP contribution in [0.2, 0.25) is 0 Å². The van der Waals surface area contributed by atoms with E-state index in [9.17, 15) is 0 Å². The molecule has 0 aromatic carbocycles. The average Bonchev–Trinajstić information content (AvgIpc) is 2.22. The summed E-state index contributed by atoms with van der Waals surface area (Å²) >= 11 is 2.09. The van der Waals surface area contributed by atoms with Crippen LogP contribution in [0.4, 0.5) is 0 Å². The molecule has 0 saturated carbocycles. The Hall–Kier alpha value is 0.310. The summed E-state index contributed by atoms with van der Waals surface area (Å²) in [5.74, 6) is 4.29. The molecule has 92 valence electrons. The van der Waals surface area contributed by atoms with Gasteiger partial charge in [0.05, 0.1) is 0 Å². The highest BCUT2D eigenvalue weighted by molar-refractivity contribution is 7.99. The number of rotatable bonds is 9. The van der Waals surface area contributed by atoms with Crippen molar-refractivity contribution in [2.24, 2.45) is 11.8 Å². The molecule has 0 aromatic heterocycles. The van der Waals surface area contributed by atoms with Gasteiger partial charge in [-0.1, -0.05) is 40.5 Å². The molecule has 0 aliphatic carbocycles. The molecule has 1 unspecified atom stereocenters. The van der Waals surface area contributed by atoms with Gasteiger partial charge in [0.15, 0.2) is 0 Å². The maximum Gasteiger partial charge on any atom is 0.0157 e. The second-order valence-electron chi connectivity index (χ2n) is 4.84. The Labute approximate surface area is 101 Å². The van der Waals surface area contributed by atoms with Gasteiger partial charge in [-0.05, 0) is 31.1 Å². The third-order valence-corrected chi connectivity index (χ3v) is 4.49. The van der Waals surface area contributed by atoms with E-state index in [4.69, 9.17) is 0 Å². The standard InChI is InChI=1S/C13H29NS/c1-6-12(7-2)8-13(14-5)10-15-9-11(3)4/h11-14H,6-10H2,1-5H3. The maximum atomic E-state index is 3.45. The Kier molecular flexibility index (Phi) is 9.73. The molecule has 0 aromatic rings. The van der Waals surface area contributed by atoms with Crippen molar-refractivity contribution in [1.82, 2.24) is 5.32 Å². The Balaban J connectivity index is 3.71. The summed E-state index contributed by atoms with van der Waals surface area (Å²) in [6, 6.07) is 0.707. The van der Waals surface area contributed by atoms with Gasteiger partial charge in [-0.3, -0.25) is 0 Å². The average molecular weight is 231 g/mol. The second kappa shape index (κ2) is 9.53. The SMILES string of the molecule is CCC(CC)CC(CSCC(C)C)NC. The van der Waals surface area contributed by atoms with E-state index >= 15 is 0 Å². The fraction of sp³-hybridized carbons (Fsp3) is 1.00. The van der Waals surface area contributed by atoms with Crippen molar-refractivity contribution in [1.29, 1.82) is 0 Å². The van der Waals surface area contributed by atoms with E-state index in [0.717, 1.165) is 11.8 Å². The Morgan fingerprint density at radius 1 is 1.07 bits per heavy atom. The van der Waals surface area contributed by atoms with Crippen LogP contribution in [0.15, 0.2) is 0 Å². The number of nitrogens with one attached hydrogen (secondary N) is 1. The molecule has 0 bridgehead atoms. The van der Waals surface area contributed by atoms with Gasteiger partial charge in [0.1, 0.15) is 0 Å². The monoisotopic (exact) mass is 231 g/mol. The molecule has 1 nitrogen and oxygen atoms in total. The van der Waals surface area contributed by atoms with Gasteiger partial charge >= 0.3 is 0 Å². The van der Waals surface area contributed by atoms with Crippen molar-refractivity contribution in [3.63, 3.8) is 0 Å². The summed E-state index contributed by atoms with van der Waals surface area (Å²) in [6.45, 7) is 9.20. The highest BCUT2D eigenvalue weighted by Crippen LogP contribution is 2.18. The molecule has 1 N–H and O–H groups in total. The number of hydrogen-bond acceptors (Lipinski definition) is 2. The first-order chi connectivity index (χ1) is 7.13. The quantitative estimate of drug-likeness (QED) is 0.648. The lowest BCUT2D eigenvalue weighted by Gasteiger charge is -2.21. The first kappa shape index (κ1) is 15.3. The van der Waals surface area contributed by atoms with Crippen LogP contribution in [0.5, 0.6) is 0 Å². The van der Waals surface area contributed by atoms with Crippen molar-refractivity contribution >= 4 is 11.8 Å². The van der Waals surface area contributed by atoms with Crippen LogP contribution in [0.1, 0.15) is 47.0 Å². The second-order valence-corrected chi connectivity index (χ2v) is 5.91. The topological polar surface area (TPSA) is 12.0 Å². The fourth-order valence-electron chi connectivity index (χ4n) is 1.74. The zero-order valence-electron chi connectivity index (χ0n) is 11.2.